The van der Waals surface area contributed by atoms with Gasteiger partial charge in [0, 0.05) is 10.5 Å². The van der Waals surface area contributed by atoms with Crippen molar-refractivity contribution in [2.75, 3.05) is 0 Å². The Labute approximate surface area is 115 Å². The summed E-state index contributed by atoms with van der Waals surface area (Å²) in [7, 11) is 0. The first-order chi connectivity index (χ1) is 8.56. The number of nitrogens with zero attached hydrogens (tertiary/aromatic N) is 2. The summed E-state index contributed by atoms with van der Waals surface area (Å²) in [6, 6.07) is 7.81. The van der Waals surface area contributed by atoms with Gasteiger partial charge in [-0.25, -0.2) is 9.97 Å². The number of aromatic nitrogens is 2. The third kappa shape index (κ3) is 3.07. The Morgan fingerprint density at radius 3 is 2.67 bits per heavy atom. The Morgan fingerprint density at radius 1 is 1.17 bits per heavy atom. The maximum atomic E-state index is 5.80. The van der Waals surface area contributed by atoms with Gasteiger partial charge in [-0.3, -0.25) is 0 Å². The molecule has 0 amide bonds. The zero-order valence-electron chi connectivity index (χ0n) is 10.6. The maximum Gasteiger partial charge on any atom is 0.222 e. The third-order valence-corrected chi connectivity index (χ3v) is 3.11. The number of aryl methyl sites for hydroxylation is 1. The van der Waals surface area contributed by atoms with E-state index in [1.165, 1.54) is 6.33 Å². The lowest BCUT2D eigenvalue weighted by Crippen LogP contribution is -1.96. The van der Waals surface area contributed by atoms with Crippen LogP contribution in [0, 0.1) is 6.92 Å². The van der Waals surface area contributed by atoms with Crippen molar-refractivity contribution in [2.24, 2.45) is 0 Å². The molecule has 94 valence electrons. The molecule has 0 atom stereocenters. The summed E-state index contributed by atoms with van der Waals surface area (Å²) >= 11 is 3.43. The number of rotatable bonds is 3. The smallest absolute Gasteiger partial charge is 0.222 e. The highest BCUT2D eigenvalue weighted by atomic mass is 79.9. The average molecular weight is 307 g/mol. The second-order valence-corrected chi connectivity index (χ2v) is 5.36. The minimum Gasteiger partial charge on any atom is -0.439 e. The molecule has 0 aliphatic carbocycles. The summed E-state index contributed by atoms with van der Waals surface area (Å²) in [6.07, 6.45) is 1.54. The number of hydrogen-bond acceptors (Lipinski definition) is 3. The SMILES string of the molecule is Cc1ccc(Br)cc1Oc1cc(C(C)C)ncn1. The van der Waals surface area contributed by atoms with Gasteiger partial charge in [0.05, 0.1) is 5.69 Å². The van der Waals surface area contributed by atoms with E-state index in [2.05, 4.69) is 39.7 Å². The highest BCUT2D eigenvalue weighted by molar-refractivity contribution is 9.10. The van der Waals surface area contributed by atoms with Crippen LogP contribution in [0.1, 0.15) is 31.0 Å². The van der Waals surface area contributed by atoms with Crippen molar-refractivity contribution in [3.63, 3.8) is 0 Å². The van der Waals surface area contributed by atoms with Crippen LogP contribution in [0.2, 0.25) is 0 Å². The molecule has 0 spiro atoms. The molecular formula is C14H15BrN2O. The molecule has 0 saturated carbocycles. The topological polar surface area (TPSA) is 35.0 Å². The normalized spacial score (nSPS) is 10.7. The minimum atomic E-state index is 0.360. The van der Waals surface area contributed by atoms with Gasteiger partial charge in [0.25, 0.3) is 0 Å². The van der Waals surface area contributed by atoms with Crippen molar-refractivity contribution in [1.82, 2.24) is 9.97 Å². The van der Waals surface area contributed by atoms with E-state index in [9.17, 15) is 0 Å². The van der Waals surface area contributed by atoms with Crippen LogP contribution >= 0.6 is 15.9 Å². The summed E-state index contributed by atoms with van der Waals surface area (Å²) in [4.78, 5) is 8.36. The molecule has 1 aromatic carbocycles. The van der Waals surface area contributed by atoms with Crippen LogP contribution in [0.4, 0.5) is 0 Å². The average Bonchev–Trinajstić information content (AvgIpc) is 2.34. The zero-order chi connectivity index (χ0) is 13.1. The Balaban J connectivity index is 2.28. The molecule has 0 aliphatic heterocycles. The molecular weight excluding hydrogens is 292 g/mol. The molecule has 18 heavy (non-hydrogen) atoms. The molecule has 0 unspecified atom stereocenters. The van der Waals surface area contributed by atoms with E-state index in [4.69, 9.17) is 4.74 Å². The lowest BCUT2D eigenvalue weighted by Gasteiger charge is -2.10. The van der Waals surface area contributed by atoms with Gasteiger partial charge in [-0.15, -0.1) is 0 Å². The molecule has 1 heterocycles. The number of hydrogen-bond donors (Lipinski definition) is 0. The summed E-state index contributed by atoms with van der Waals surface area (Å²) in [5.41, 5.74) is 2.05. The molecule has 3 nitrogen and oxygen atoms in total. The molecule has 1 aromatic heterocycles. The van der Waals surface area contributed by atoms with Gasteiger partial charge < -0.3 is 4.74 Å². The maximum absolute atomic E-state index is 5.80. The highest BCUT2D eigenvalue weighted by Crippen LogP contribution is 2.27. The van der Waals surface area contributed by atoms with Gasteiger partial charge >= 0.3 is 0 Å². The third-order valence-electron chi connectivity index (χ3n) is 2.62. The Morgan fingerprint density at radius 2 is 1.94 bits per heavy atom. The predicted octanol–water partition coefficient (Wildman–Crippen LogP) is 4.46. The van der Waals surface area contributed by atoms with E-state index in [1.807, 2.05) is 31.2 Å². The first kappa shape index (κ1) is 13.0. The van der Waals surface area contributed by atoms with Crippen molar-refractivity contribution < 1.29 is 4.74 Å². The fraction of sp³-hybridized carbons (Fsp3) is 0.286. The highest BCUT2D eigenvalue weighted by Gasteiger charge is 2.06. The molecule has 0 fully saturated rings. The van der Waals surface area contributed by atoms with Crippen LogP contribution in [-0.4, -0.2) is 9.97 Å². The van der Waals surface area contributed by atoms with E-state index in [0.717, 1.165) is 21.5 Å². The standard InChI is InChI=1S/C14H15BrN2O/c1-9(2)12-7-14(17-8-16-12)18-13-6-11(15)5-4-10(13)3/h4-9H,1-3H3. The number of benzene rings is 1. The second kappa shape index (κ2) is 5.48. The van der Waals surface area contributed by atoms with Gasteiger partial charge in [-0.2, -0.15) is 0 Å². The zero-order valence-corrected chi connectivity index (χ0v) is 12.2. The summed E-state index contributed by atoms with van der Waals surface area (Å²) < 4.78 is 6.79. The first-order valence-corrected chi connectivity index (χ1v) is 6.61. The molecule has 0 saturated heterocycles. The van der Waals surface area contributed by atoms with Crippen molar-refractivity contribution in [2.45, 2.75) is 26.7 Å². The fourth-order valence-corrected chi connectivity index (χ4v) is 1.86. The van der Waals surface area contributed by atoms with Crippen molar-refractivity contribution in [3.05, 3.63) is 46.3 Å². The van der Waals surface area contributed by atoms with Crippen LogP contribution in [0.5, 0.6) is 11.6 Å². The van der Waals surface area contributed by atoms with Crippen LogP contribution in [0.25, 0.3) is 0 Å². The van der Waals surface area contributed by atoms with Gasteiger partial charge in [0.2, 0.25) is 5.88 Å². The van der Waals surface area contributed by atoms with Gasteiger partial charge in [-0.05, 0) is 30.5 Å². The Hall–Kier alpha value is -1.42. The predicted molar refractivity (Wildman–Crippen MR) is 75.1 cm³/mol. The van der Waals surface area contributed by atoms with E-state index >= 15 is 0 Å². The molecule has 0 aliphatic rings. The van der Waals surface area contributed by atoms with Crippen molar-refractivity contribution in [3.8, 4) is 11.6 Å². The van der Waals surface area contributed by atoms with E-state index in [1.54, 1.807) is 0 Å². The first-order valence-electron chi connectivity index (χ1n) is 5.82. The lowest BCUT2D eigenvalue weighted by atomic mass is 10.1. The van der Waals surface area contributed by atoms with Gasteiger partial charge in [0.1, 0.15) is 12.1 Å². The Bertz CT molecular complexity index is 555. The van der Waals surface area contributed by atoms with E-state index in [0.29, 0.717) is 11.8 Å². The lowest BCUT2D eigenvalue weighted by molar-refractivity contribution is 0.456. The Kier molecular flexibility index (Phi) is 3.97. The molecule has 2 rings (SSSR count). The summed E-state index contributed by atoms with van der Waals surface area (Å²) in [5.74, 6) is 1.74. The van der Waals surface area contributed by atoms with Crippen LogP contribution in [0.3, 0.4) is 0 Å². The summed E-state index contributed by atoms with van der Waals surface area (Å²) in [5, 5.41) is 0. The van der Waals surface area contributed by atoms with Crippen LogP contribution in [-0.2, 0) is 0 Å². The molecule has 4 heteroatoms. The molecule has 0 bridgehead atoms. The van der Waals surface area contributed by atoms with Gasteiger partial charge in [0.15, 0.2) is 0 Å². The largest absolute Gasteiger partial charge is 0.439 e. The van der Waals surface area contributed by atoms with Crippen LogP contribution < -0.4 is 4.74 Å². The molecule has 0 N–H and O–H groups in total. The van der Waals surface area contributed by atoms with Crippen molar-refractivity contribution >= 4 is 15.9 Å². The van der Waals surface area contributed by atoms with E-state index < -0.39 is 0 Å². The number of halogens is 1. The summed E-state index contributed by atoms with van der Waals surface area (Å²) in [6.45, 7) is 6.19. The van der Waals surface area contributed by atoms with Crippen LogP contribution in [0.15, 0.2) is 35.1 Å². The van der Waals surface area contributed by atoms with Gasteiger partial charge in [-0.1, -0.05) is 35.8 Å². The molecule has 2 aromatic rings. The minimum absolute atomic E-state index is 0.360. The monoisotopic (exact) mass is 306 g/mol. The van der Waals surface area contributed by atoms with Crippen molar-refractivity contribution in [1.29, 1.82) is 0 Å². The fourth-order valence-electron chi connectivity index (χ4n) is 1.52. The second-order valence-electron chi connectivity index (χ2n) is 4.45. The number of ether oxygens (including phenoxy) is 1. The quantitative estimate of drug-likeness (QED) is 0.839. The molecule has 0 radical (unpaired) electrons. The van der Waals surface area contributed by atoms with E-state index in [-0.39, 0.29) is 0 Å².